The summed E-state index contributed by atoms with van der Waals surface area (Å²) in [7, 11) is 1.49. The first-order valence-corrected chi connectivity index (χ1v) is 3.56. The van der Waals surface area contributed by atoms with Gasteiger partial charge in [0.25, 0.3) is 5.91 Å². The van der Waals surface area contributed by atoms with Gasteiger partial charge in [-0.25, -0.2) is 9.78 Å². The second-order valence-electron chi connectivity index (χ2n) is 2.32. The predicted octanol–water partition coefficient (Wildman–Crippen LogP) is 0.139. The van der Waals surface area contributed by atoms with E-state index in [1.807, 2.05) is 0 Å². The molecule has 68 valence electrons. The quantitative estimate of drug-likeness (QED) is 0.678. The zero-order valence-electron chi connectivity index (χ0n) is 6.94. The summed E-state index contributed by atoms with van der Waals surface area (Å²) in [6, 6.07) is 2.70. The molecule has 1 heterocycles. The molecule has 0 aliphatic heterocycles. The van der Waals surface area contributed by atoms with Crippen LogP contribution in [0, 0.1) is 0 Å². The summed E-state index contributed by atoms with van der Waals surface area (Å²) in [4.78, 5) is 25.0. The molecule has 0 spiro atoms. The number of carbonyl (C=O) groups excluding carboxylic acids is 1. The van der Waals surface area contributed by atoms with E-state index in [2.05, 4.69) is 10.3 Å². The van der Waals surface area contributed by atoms with Crippen molar-refractivity contribution in [1.82, 2.24) is 10.3 Å². The van der Waals surface area contributed by atoms with E-state index >= 15 is 0 Å². The third kappa shape index (κ3) is 2.02. The van der Waals surface area contributed by atoms with Crippen LogP contribution in [0.3, 0.4) is 0 Å². The first-order chi connectivity index (χ1) is 6.15. The number of nitrogens with one attached hydrogen (secondary N) is 1. The smallest absolute Gasteiger partial charge is 0.354 e. The monoisotopic (exact) mass is 180 g/mol. The number of hydrogen-bond donors (Lipinski definition) is 2. The number of pyridine rings is 1. The molecule has 1 amide bonds. The number of rotatable bonds is 2. The number of amides is 1. The largest absolute Gasteiger partial charge is 0.477 e. The lowest BCUT2D eigenvalue weighted by atomic mass is 10.2. The van der Waals surface area contributed by atoms with Crippen molar-refractivity contribution in [3.8, 4) is 0 Å². The van der Waals surface area contributed by atoms with Gasteiger partial charge >= 0.3 is 5.97 Å². The van der Waals surface area contributed by atoms with Crippen molar-refractivity contribution in [3.63, 3.8) is 0 Å². The van der Waals surface area contributed by atoms with E-state index in [1.165, 1.54) is 25.4 Å². The minimum absolute atomic E-state index is 0.0762. The van der Waals surface area contributed by atoms with Crippen molar-refractivity contribution in [2.24, 2.45) is 0 Å². The van der Waals surface area contributed by atoms with E-state index < -0.39 is 5.97 Å². The van der Waals surface area contributed by atoms with Gasteiger partial charge in [0.2, 0.25) is 0 Å². The van der Waals surface area contributed by atoms with Gasteiger partial charge in [-0.05, 0) is 12.1 Å². The van der Waals surface area contributed by atoms with Gasteiger partial charge in [0, 0.05) is 13.2 Å². The fourth-order valence-corrected chi connectivity index (χ4v) is 0.799. The summed E-state index contributed by atoms with van der Waals surface area (Å²) in [6.45, 7) is 0. The minimum atomic E-state index is -1.11. The molecule has 5 heteroatoms. The van der Waals surface area contributed by atoms with Crippen LogP contribution < -0.4 is 5.32 Å². The Labute approximate surface area is 74.4 Å². The van der Waals surface area contributed by atoms with E-state index in [1.54, 1.807) is 0 Å². The Balaban J connectivity index is 2.93. The topological polar surface area (TPSA) is 79.3 Å². The standard InChI is InChI=1S/C8H8N2O3/c1-9-7(11)5-2-3-6(8(12)13)10-4-5/h2-4H,1H3,(H,9,11)(H,12,13). The zero-order valence-corrected chi connectivity index (χ0v) is 6.94. The molecule has 0 fully saturated rings. The summed E-state index contributed by atoms with van der Waals surface area (Å²) >= 11 is 0. The van der Waals surface area contributed by atoms with Gasteiger partial charge in [-0.3, -0.25) is 4.79 Å². The summed E-state index contributed by atoms with van der Waals surface area (Å²) in [5.74, 6) is -1.40. The van der Waals surface area contributed by atoms with Gasteiger partial charge in [0.05, 0.1) is 5.56 Å². The average Bonchev–Trinajstić information content (AvgIpc) is 2.17. The highest BCUT2D eigenvalue weighted by Gasteiger charge is 2.06. The molecule has 13 heavy (non-hydrogen) atoms. The van der Waals surface area contributed by atoms with Crippen LogP contribution in [0.2, 0.25) is 0 Å². The van der Waals surface area contributed by atoms with E-state index in [4.69, 9.17) is 5.11 Å². The van der Waals surface area contributed by atoms with Crippen molar-refractivity contribution >= 4 is 11.9 Å². The normalized spacial score (nSPS) is 9.31. The molecule has 0 aliphatic rings. The van der Waals surface area contributed by atoms with E-state index in [0.717, 1.165) is 0 Å². The van der Waals surface area contributed by atoms with Gasteiger partial charge in [0.15, 0.2) is 0 Å². The number of aromatic nitrogens is 1. The van der Waals surface area contributed by atoms with Crippen LogP contribution in [-0.4, -0.2) is 29.0 Å². The number of carboxylic acids is 1. The average molecular weight is 180 g/mol. The fraction of sp³-hybridized carbons (Fsp3) is 0.125. The maximum Gasteiger partial charge on any atom is 0.354 e. The first-order valence-electron chi connectivity index (χ1n) is 3.56. The molecule has 2 N–H and O–H groups in total. The second-order valence-corrected chi connectivity index (χ2v) is 2.32. The molecule has 0 aromatic carbocycles. The molecule has 1 aromatic heterocycles. The van der Waals surface area contributed by atoms with Crippen LogP contribution in [0.4, 0.5) is 0 Å². The number of hydrogen-bond acceptors (Lipinski definition) is 3. The minimum Gasteiger partial charge on any atom is -0.477 e. The molecule has 1 rings (SSSR count). The SMILES string of the molecule is CNC(=O)c1ccc(C(=O)O)nc1. The Morgan fingerprint density at radius 2 is 2.15 bits per heavy atom. The van der Waals surface area contributed by atoms with Gasteiger partial charge in [-0.2, -0.15) is 0 Å². The Bertz CT molecular complexity index is 332. The van der Waals surface area contributed by atoms with Crippen molar-refractivity contribution in [2.75, 3.05) is 7.05 Å². The highest BCUT2D eigenvalue weighted by Crippen LogP contribution is 1.99. The second kappa shape index (κ2) is 3.66. The van der Waals surface area contributed by atoms with Gasteiger partial charge in [0.1, 0.15) is 5.69 Å². The van der Waals surface area contributed by atoms with Crippen LogP contribution in [0.25, 0.3) is 0 Å². The van der Waals surface area contributed by atoms with E-state index in [9.17, 15) is 9.59 Å². The predicted molar refractivity (Wildman–Crippen MR) is 44.6 cm³/mol. The third-order valence-electron chi connectivity index (χ3n) is 1.47. The Kier molecular flexibility index (Phi) is 2.59. The van der Waals surface area contributed by atoms with Crippen molar-refractivity contribution in [1.29, 1.82) is 0 Å². The van der Waals surface area contributed by atoms with Crippen molar-refractivity contribution in [2.45, 2.75) is 0 Å². The molecule has 1 aromatic rings. The maximum absolute atomic E-state index is 11.0. The summed E-state index contributed by atoms with van der Waals surface area (Å²) in [5.41, 5.74) is 0.264. The van der Waals surface area contributed by atoms with Crippen LogP contribution in [-0.2, 0) is 0 Å². The molecular formula is C8H8N2O3. The molecule has 0 saturated carbocycles. The molecule has 0 bridgehead atoms. The van der Waals surface area contributed by atoms with Crippen molar-refractivity contribution < 1.29 is 14.7 Å². The molecule has 0 unspecified atom stereocenters. The molecule has 5 nitrogen and oxygen atoms in total. The van der Waals surface area contributed by atoms with E-state index in [-0.39, 0.29) is 11.6 Å². The lowest BCUT2D eigenvalue weighted by Crippen LogP contribution is -2.18. The highest BCUT2D eigenvalue weighted by atomic mass is 16.4. The Morgan fingerprint density at radius 1 is 1.46 bits per heavy atom. The number of carboxylic acid groups (broad SMARTS) is 1. The number of aromatic carboxylic acids is 1. The van der Waals surface area contributed by atoms with Crippen LogP contribution in [0.5, 0.6) is 0 Å². The van der Waals surface area contributed by atoms with Crippen LogP contribution in [0.1, 0.15) is 20.8 Å². The third-order valence-corrected chi connectivity index (χ3v) is 1.47. The summed E-state index contributed by atoms with van der Waals surface area (Å²) in [6.07, 6.45) is 1.22. The number of carbonyl (C=O) groups is 2. The van der Waals surface area contributed by atoms with E-state index in [0.29, 0.717) is 5.56 Å². The van der Waals surface area contributed by atoms with Gasteiger partial charge < -0.3 is 10.4 Å². The molecular weight excluding hydrogens is 172 g/mol. The molecule has 0 atom stereocenters. The Hall–Kier alpha value is -1.91. The summed E-state index contributed by atoms with van der Waals surface area (Å²) in [5, 5.41) is 10.9. The lowest BCUT2D eigenvalue weighted by molar-refractivity contribution is 0.0689. The van der Waals surface area contributed by atoms with Crippen molar-refractivity contribution in [3.05, 3.63) is 29.6 Å². The molecule has 0 saturated heterocycles. The molecule has 0 radical (unpaired) electrons. The maximum atomic E-state index is 11.0. The summed E-state index contributed by atoms with van der Waals surface area (Å²) < 4.78 is 0. The van der Waals surface area contributed by atoms with Crippen LogP contribution >= 0.6 is 0 Å². The Morgan fingerprint density at radius 3 is 2.54 bits per heavy atom. The zero-order chi connectivity index (χ0) is 9.84. The van der Waals surface area contributed by atoms with Gasteiger partial charge in [-0.15, -0.1) is 0 Å². The molecule has 0 aliphatic carbocycles. The van der Waals surface area contributed by atoms with Crippen LogP contribution in [0.15, 0.2) is 18.3 Å². The van der Waals surface area contributed by atoms with Gasteiger partial charge in [-0.1, -0.05) is 0 Å². The highest BCUT2D eigenvalue weighted by molar-refractivity contribution is 5.94. The fourth-order valence-electron chi connectivity index (χ4n) is 0.799. The number of nitrogens with zero attached hydrogens (tertiary/aromatic N) is 1. The lowest BCUT2D eigenvalue weighted by Gasteiger charge is -1.98. The first kappa shape index (κ1) is 9.18.